The van der Waals surface area contributed by atoms with Crippen molar-refractivity contribution in [3.63, 3.8) is 0 Å². The number of hydrogen-bond donors (Lipinski definition) is 2. The zero-order valence-corrected chi connectivity index (χ0v) is 19.7. The summed E-state index contributed by atoms with van der Waals surface area (Å²) >= 11 is 6.47. The Morgan fingerprint density at radius 1 is 0.972 bits per heavy atom. The summed E-state index contributed by atoms with van der Waals surface area (Å²) in [4.78, 5) is 44.1. The van der Waals surface area contributed by atoms with Crippen LogP contribution in [-0.4, -0.2) is 32.7 Å². The predicted octanol–water partition coefficient (Wildman–Crippen LogP) is 4.56. The quantitative estimate of drug-likeness (QED) is 0.353. The molecule has 3 heterocycles. The fraction of sp³-hybridized carbons (Fsp3) is 0.0385. The maximum atomic E-state index is 13.4. The van der Waals surface area contributed by atoms with Crippen molar-refractivity contribution in [3.8, 4) is 11.1 Å². The number of hydrogen-bond acceptors (Lipinski definition) is 7. The Hall–Kier alpha value is -4.76. The highest BCUT2D eigenvalue weighted by molar-refractivity contribution is 6.33. The molecule has 10 heteroatoms. The number of nitrogens with one attached hydrogen (secondary N) is 2. The van der Waals surface area contributed by atoms with Crippen LogP contribution < -0.4 is 21.0 Å². The first-order chi connectivity index (χ1) is 17.5. The summed E-state index contributed by atoms with van der Waals surface area (Å²) in [5.41, 5.74) is 2.17. The number of nitrogens with zero attached hydrogens (tertiary/aromatic N) is 4. The molecule has 0 fully saturated rings. The van der Waals surface area contributed by atoms with Crippen molar-refractivity contribution in [2.75, 3.05) is 17.7 Å². The van der Waals surface area contributed by atoms with E-state index in [1.165, 1.54) is 13.3 Å². The van der Waals surface area contributed by atoms with Crippen LogP contribution in [0.1, 0.15) is 10.4 Å². The fourth-order valence-electron chi connectivity index (χ4n) is 3.65. The van der Waals surface area contributed by atoms with E-state index >= 15 is 0 Å². The zero-order chi connectivity index (χ0) is 25.1. The Balaban J connectivity index is 1.54. The number of pyridine rings is 2. The van der Waals surface area contributed by atoms with Crippen LogP contribution in [0.4, 0.5) is 17.3 Å². The van der Waals surface area contributed by atoms with Gasteiger partial charge in [0.25, 0.3) is 11.5 Å². The van der Waals surface area contributed by atoms with E-state index in [1.54, 1.807) is 48.8 Å². The van der Waals surface area contributed by atoms with E-state index in [4.69, 9.17) is 16.4 Å². The van der Waals surface area contributed by atoms with Gasteiger partial charge < -0.3 is 15.5 Å². The lowest BCUT2D eigenvalue weighted by Gasteiger charge is -2.13. The van der Waals surface area contributed by atoms with Crippen LogP contribution in [0.25, 0.3) is 22.2 Å². The molecule has 3 aromatic heterocycles. The van der Waals surface area contributed by atoms with E-state index in [0.29, 0.717) is 33.2 Å². The molecule has 36 heavy (non-hydrogen) atoms. The normalized spacial score (nSPS) is 10.7. The Kier molecular flexibility index (Phi) is 6.29. The van der Waals surface area contributed by atoms with E-state index in [2.05, 4.69) is 25.6 Å². The van der Waals surface area contributed by atoms with Gasteiger partial charge in [-0.15, -0.1) is 4.73 Å². The van der Waals surface area contributed by atoms with Crippen molar-refractivity contribution in [2.24, 2.45) is 0 Å². The number of para-hydroxylation sites is 1. The molecule has 2 aromatic carbocycles. The smallest absolute Gasteiger partial charge is 0.293 e. The number of halogens is 1. The van der Waals surface area contributed by atoms with E-state index in [9.17, 15) is 9.59 Å². The van der Waals surface area contributed by atoms with Crippen LogP contribution in [0.2, 0.25) is 5.02 Å². The van der Waals surface area contributed by atoms with E-state index < -0.39 is 5.56 Å². The molecule has 0 bridgehead atoms. The maximum Gasteiger partial charge on any atom is 0.293 e. The Labute approximate surface area is 210 Å². The zero-order valence-electron chi connectivity index (χ0n) is 19.0. The summed E-state index contributed by atoms with van der Waals surface area (Å²) < 4.78 is 1.08. The largest absolute Gasteiger partial charge is 0.412 e. The number of anilines is 3. The highest BCUT2D eigenvalue weighted by Crippen LogP contribution is 2.30. The van der Waals surface area contributed by atoms with Crippen LogP contribution in [0, 0.1) is 0 Å². The second kappa shape index (κ2) is 9.85. The van der Waals surface area contributed by atoms with Gasteiger partial charge in [0.2, 0.25) is 5.95 Å². The minimum Gasteiger partial charge on any atom is -0.412 e. The fourth-order valence-corrected chi connectivity index (χ4v) is 3.87. The van der Waals surface area contributed by atoms with Crippen LogP contribution in [0.5, 0.6) is 0 Å². The van der Waals surface area contributed by atoms with Gasteiger partial charge in [0.05, 0.1) is 11.1 Å². The first kappa shape index (κ1) is 23.0. The molecule has 0 unspecified atom stereocenters. The molecule has 0 aliphatic carbocycles. The van der Waals surface area contributed by atoms with E-state index in [0.717, 1.165) is 10.4 Å². The molecule has 5 aromatic rings. The van der Waals surface area contributed by atoms with Crippen molar-refractivity contribution in [3.05, 3.63) is 106 Å². The van der Waals surface area contributed by atoms with E-state index in [1.807, 2.05) is 30.3 Å². The van der Waals surface area contributed by atoms with E-state index in [-0.39, 0.29) is 17.1 Å². The highest BCUT2D eigenvalue weighted by atomic mass is 35.5. The molecule has 0 saturated heterocycles. The number of fused-ring (bicyclic) bond motifs is 1. The number of carbonyl (C=O) groups excluding carboxylic acids is 1. The van der Waals surface area contributed by atoms with Gasteiger partial charge in [-0.25, -0.2) is 4.98 Å². The van der Waals surface area contributed by atoms with Gasteiger partial charge in [0.1, 0.15) is 7.11 Å². The molecule has 0 saturated carbocycles. The third-order valence-corrected chi connectivity index (χ3v) is 5.68. The van der Waals surface area contributed by atoms with Gasteiger partial charge in [0, 0.05) is 45.9 Å². The third-order valence-electron chi connectivity index (χ3n) is 5.35. The molecule has 5 rings (SSSR count). The van der Waals surface area contributed by atoms with Crippen LogP contribution in [0.15, 0.2) is 90.1 Å². The molecule has 0 spiro atoms. The standard InChI is InChI=1S/C26H19ClN6O3/c1-36-33-23-17(15-29-26(32-23)31-18-7-3-2-4-8-18)12-21(25(33)35)20-13-19(9-10-22(20)27)30-24(34)16-6-5-11-28-14-16/h2-15H,1H3,(H,30,34)(H,29,31,32). The molecular formula is C26H19ClN6O3. The summed E-state index contributed by atoms with van der Waals surface area (Å²) in [6, 6.07) is 19.3. The number of rotatable bonds is 6. The van der Waals surface area contributed by atoms with Crippen LogP contribution in [0.3, 0.4) is 0 Å². The highest BCUT2D eigenvalue weighted by Gasteiger charge is 2.17. The van der Waals surface area contributed by atoms with Crippen LogP contribution in [-0.2, 0) is 0 Å². The van der Waals surface area contributed by atoms with Crippen molar-refractivity contribution >= 4 is 45.9 Å². The third kappa shape index (κ3) is 4.59. The molecule has 178 valence electrons. The maximum absolute atomic E-state index is 13.4. The lowest BCUT2D eigenvalue weighted by atomic mass is 10.1. The molecule has 9 nitrogen and oxygen atoms in total. The van der Waals surface area contributed by atoms with Gasteiger partial charge >= 0.3 is 0 Å². The Morgan fingerprint density at radius 2 is 1.81 bits per heavy atom. The van der Waals surface area contributed by atoms with Crippen molar-refractivity contribution < 1.29 is 9.63 Å². The van der Waals surface area contributed by atoms with Gasteiger partial charge in [-0.3, -0.25) is 14.6 Å². The summed E-state index contributed by atoms with van der Waals surface area (Å²) in [6.07, 6.45) is 4.64. The summed E-state index contributed by atoms with van der Waals surface area (Å²) in [7, 11) is 1.38. The SMILES string of the molecule is COn1c(=O)c(-c2cc(NC(=O)c3cccnc3)ccc2Cl)cc2cnc(Nc3ccccc3)nc21. The molecular weight excluding hydrogens is 480 g/mol. The minimum absolute atomic E-state index is 0.263. The Morgan fingerprint density at radius 3 is 2.56 bits per heavy atom. The topological polar surface area (TPSA) is 111 Å². The average Bonchev–Trinajstić information content (AvgIpc) is 2.91. The van der Waals surface area contributed by atoms with Crippen molar-refractivity contribution in [2.45, 2.75) is 0 Å². The second-order valence-electron chi connectivity index (χ2n) is 7.69. The second-order valence-corrected chi connectivity index (χ2v) is 8.10. The predicted molar refractivity (Wildman–Crippen MR) is 139 cm³/mol. The van der Waals surface area contributed by atoms with Gasteiger partial charge in [0.15, 0.2) is 5.65 Å². The lowest BCUT2D eigenvalue weighted by Crippen LogP contribution is -2.27. The van der Waals surface area contributed by atoms with Gasteiger partial charge in [-0.05, 0) is 48.5 Å². The number of carbonyl (C=O) groups is 1. The molecule has 0 aliphatic rings. The van der Waals surface area contributed by atoms with Crippen LogP contribution >= 0.6 is 11.6 Å². The lowest BCUT2D eigenvalue weighted by molar-refractivity contribution is 0.102. The summed E-state index contributed by atoms with van der Waals surface area (Å²) in [6.45, 7) is 0. The number of amides is 1. The number of aromatic nitrogens is 4. The van der Waals surface area contributed by atoms with Gasteiger partial charge in [-0.1, -0.05) is 29.8 Å². The Bertz CT molecular complexity index is 1620. The molecule has 0 aliphatic heterocycles. The average molecular weight is 499 g/mol. The summed E-state index contributed by atoms with van der Waals surface area (Å²) in [5.74, 6) is -0.0270. The first-order valence-electron chi connectivity index (χ1n) is 10.8. The molecule has 2 N–H and O–H groups in total. The van der Waals surface area contributed by atoms with Crippen molar-refractivity contribution in [1.82, 2.24) is 19.7 Å². The van der Waals surface area contributed by atoms with Crippen molar-refractivity contribution in [1.29, 1.82) is 0 Å². The number of benzene rings is 2. The van der Waals surface area contributed by atoms with Gasteiger partial charge in [-0.2, -0.15) is 4.98 Å². The minimum atomic E-state index is -0.466. The molecule has 0 radical (unpaired) electrons. The molecule has 0 atom stereocenters. The summed E-state index contributed by atoms with van der Waals surface area (Å²) in [5, 5.41) is 6.79. The monoisotopic (exact) mass is 498 g/mol. The first-order valence-corrected chi connectivity index (χ1v) is 11.2. The molecule has 1 amide bonds.